The normalized spacial score (nSPS) is 12.0. The topological polar surface area (TPSA) is 12.9 Å². The summed E-state index contributed by atoms with van der Waals surface area (Å²) in [5.74, 6) is 0. The number of hydrogen-bond acceptors (Lipinski definition) is 2. The van der Waals surface area contributed by atoms with Crippen LogP contribution in [0.2, 0.25) is 0 Å². The Hall–Kier alpha value is -4.27. The van der Waals surface area contributed by atoms with E-state index in [2.05, 4.69) is 110 Å². The zero-order valence-electron chi connectivity index (χ0n) is 20.0. The van der Waals surface area contributed by atoms with Gasteiger partial charge in [-0.2, -0.15) is 0 Å². The molecule has 0 unspecified atom stereocenters. The minimum absolute atomic E-state index is 1.18. The highest BCUT2D eigenvalue weighted by molar-refractivity contribution is 7.26. The number of fused-ring (bicyclic) bond motifs is 7. The smallest absolute Gasteiger partial charge is 0.0433 e. The molecule has 0 bridgehead atoms. The summed E-state index contributed by atoms with van der Waals surface area (Å²) in [6.07, 6.45) is 10.1. The van der Waals surface area contributed by atoms with E-state index in [1.165, 1.54) is 74.7 Å². The number of pyridine rings is 1. The third kappa shape index (κ3) is 3.05. The molecule has 2 heterocycles. The summed E-state index contributed by atoms with van der Waals surface area (Å²) in [5.41, 5.74) is 4.94. The largest absolute Gasteiger partial charge is 0.264 e. The zero-order chi connectivity index (χ0) is 24.2. The fourth-order valence-electron chi connectivity index (χ4n) is 5.59. The second-order valence-corrected chi connectivity index (χ2v) is 10.2. The Kier molecular flexibility index (Phi) is 4.77. The maximum absolute atomic E-state index is 4.32. The van der Waals surface area contributed by atoms with Crippen molar-refractivity contribution in [3.8, 4) is 11.1 Å². The number of thiophene rings is 1. The van der Waals surface area contributed by atoms with Crippen LogP contribution in [0, 0.1) is 0 Å². The van der Waals surface area contributed by atoms with Gasteiger partial charge in [0.15, 0.2) is 0 Å². The van der Waals surface area contributed by atoms with Gasteiger partial charge in [-0.15, -0.1) is 11.3 Å². The molecule has 0 fully saturated rings. The minimum atomic E-state index is 1.18. The molecule has 0 aliphatic rings. The van der Waals surface area contributed by atoms with E-state index in [1.807, 2.05) is 29.8 Å². The van der Waals surface area contributed by atoms with Crippen LogP contribution < -0.4 is 0 Å². The van der Waals surface area contributed by atoms with Gasteiger partial charge in [0.1, 0.15) is 0 Å². The van der Waals surface area contributed by atoms with Crippen LogP contribution in [0.15, 0.2) is 104 Å². The summed E-state index contributed by atoms with van der Waals surface area (Å²) in [6, 6.07) is 29.0. The molecule has 0 aliphatic heterocycles. The van der Waals surface area contributed by atoms with E-state index in [-0.39, 0.29) is 0 Å². The first-order valence-electron chi connectivity index (χ1n) is 12.2. The number of rotatable bonds is 3. The predicted molar refractivity (Wildman–Crippen MR) is 160 cm³/mol. The lowest BCUT2D eigenvalue weighted by molar-refractivity contribution is 1.37. The molecule has 2 aromatic heterocycles. The molecule has 1 nitrogen and oxygen atoms in total. The van der Waals surface area contributed by atoms with Crippen LogP contribution in [0.5, 0.6) is 0 Å². The first-order chi connectivity index (χ1) is 17.8. The van der Waals surface area contributed by atoms with Crippen LogP contribution >= 0.6 is 11.3 Å². The summed E-state index contributed by atoms with van der Waals surface area (Å²) in [6.45, 7) is 6.23. The molecule has 0 spiro atoms. The molecule has 170 valence electrons. The van der Waals surface area contributed by atoms with Gasteiger partial charge >= 0.3 is 0 Å². The molecule has 5 aromatic carbocycles. The highest BCUT2D eigenvalue weighted by Crippen LogP contribution is 2.43. The van der Waals surface area contributed by atoms with Crippen molar-refractivity contribution in [2.45, 2.75) is 6.92 Å². The van der Waals surface area contributed by atoms with Crippen LogP contribution in [0.4, 0.5) is 0 Å². The molecule has 0 saturated heterocycles. The van der Waals surface area contributed by atoms with Gasteiger partial charge in [0, 0.05) is 38.0 Å². The van der Waals surface area contributed by atoms with E-state index in [9.17, 15) is 0 Å². The fourth-order valence-corrected chi connectivity index (χ4v) is 6.85. The van der Waals surface area contributed by atoms with Crippen molar-refractivity contribution in [3.63, 3.8) is 0 Å². The maximum Gasteiger partial charge on any atom is 0.0433 e. The van der Waals surface area contributed by atoms with Gasteiger partial charge in [-0.3, -0.25) is 4.98 Å². The third-order valence-electron chi connectivity index (χ3n) is 7.21. The number of benzene rings is 5. The number of allylic oxidation sites excluding steroid dienone is 1. The highest BCUT2D eigenvalue weighted by atomic mass is 32.1. The van der Waals surface area contributed by atoms with Crippen molar-refractivity contribution in [1.29, 1.82) is 0 Å². The van der Waals surface area contributed by atoms with Crippen molar-refractivity contribution >= 4 is 76.0 Å². The standard InChI is InChI=1S/C34H23NS/c1-3-8-26-24(4-2)29-14-13-22(18-31(29)28-10-6-5-9-27(26)28)25-11-7-12-30-32-17-21-15-16-35-20-23(21)19-33(32)36-34(25)30/h3-20H,2H2,1H3/b8-3-. The predicted octanol–water partition coefficient (Wildman–Crippen LogP) is 10.3. The van der Waals surface area contributed by atoms with Crippen LogP contribution in [0.3, 0.4) is 0 Å². The molecule has 0 saturated carbocycles. The molecule has 2 heteroatoms. The zero-order valence-corrected chi connectivity index (χ0v) is 20.8. The van der Waals surface area contributed by atoms with Gasteiger partial charge in [0.25, 0.3) is 0 Å². The van der Waals surface area contributed by atoms with Crippen molar-refractivity contribution in [2.24, 2.45) is 0 Å². The van der Waals surface area contributed by atoms with Gasteiger partial charge in [-0.05, 0) is 80.4 Å². The number of aromatic nitrogens is 1. The molecule has 7 rings (SSSR count). The quantitative estimate of drug-likeness (QED) is 0.231. The average molecular weight is 478 g/mol. The monoisotopic (exact) mass is 477 g/mol. The van der Waals surface area contributed by atoms with Gasteiger partial charge in [-0.25, -0.2) is 0 Å². The fraction of sp³-hybridized carbons (Fsp3) is 0.0294. The molecule has 0 N–H and O–H groups in total. The molecule has 36 heavy (non-hydrogen) atoms. The van der Waals surface area contributed by atoms with Crippen LogP contribution in [0.1, 0.15) is 18.1 Å². The summed E-state index contributed by atoms with van der Waals surface area (Å²) in [7, 11) is 0. The van der Waals surface area contributed by atoms with Crippen molar-refractivity contribution in [3.05, 3.63) is 115 Å². The van der Waals surface area contributed by atoms with E-state index >= 15 is 0 Å². The number of nitrogens with zero attached hydrogens (tertiary/aromatic N) is 1. The van der Waals surface area contributed by atoms with Crippen molar-refractivity contribution in [1.82, 2.24) is 4.98 Å². The van der Waals surface area contributed by atoms with E-state index in [0.717, 1.165) is 0 Å². The third-order valence-corrected chi connectivity index (χ3v) is 8.41. The Morgan fingerprint density at radius 3 is 2.42 bits per heavy atom. The van der Waals surface area contributed by atoms with Crippen LogP contribution in [-0.2, 0) is 0 Å². The van der Waals surface area contributed by atoms with Gasteiger partial charge in [0.05, 0.1) is 0 Å². The molecule has 0 radical (unpaired) electrons. The van der Waals surface area contributed by atoms with Crippen molar-refractivity contribution < 1.29 is 0 Å². The second-order valence-electron chi connectivity index (χ2n) is 9.19. The molecular weight excluding hydrogens is 454 g/mol. The maximum atomic E-state index is 4.32. The molecule has 0 amide bonds. The van der Waals surface area contributed by atoms with E-state index in [1.54, 1.807) is 0 Å². The Balaban J connectivity index is 1.54. The SMILES string of the molecule is C=Cc1c(/C=C\C)c2ccccc2c2cc(-c3cccc4c3sc3cc5cnccc5cc34)ccc12. The Morgan fingerprint density at radius 1 is 0.722 bits per heavy atom. The Morgan fingerprint density at radius 2 is 1.56 bits per heavy atom. The van der Waals surface area contributed by atoms with Gasteiger partial charge < -0.3 is 0 Å². The molecule has 0 aliphatic carbocycles. The first kappa shape index (κ1) is 21.0. The number of hydrogen-bond donors (Lipinski definition) is 0. The average Bonchev–Trinajstić information content (AvgIpc) is 3.29. The Bertz CT molecular complexity index is 2020. The van der Waals surface area contributed by atoms with Gasteiger partial charge in [-0.1, -0.05) is 79.4 Å². The Labute approximate surface area is 213 Å². The minimum Gasteiger partial charge on any atom is -0.264 e. The van der Waals surface area contributed by atoms with Crippen LogP contribution in [-0.4, -0.2) is 4.98 Å². The molecule has 0 atom stereocenters. The summed E-state index contributed by atoms with van der Waals surface area (Å²) < 4.78 is 2.63. The van der Waals surface area contributed by atoms with E-state index in [4.69, 9.17) is 0 Å². The first-order valence-corrected chi connectivity index (χ1v) is 13.0. The second kappa shape index (κ2) is 8.15. The lowest BCUT2D eigenvalue weighted by Gasteiger charge is -2.14. The highest BCUT2D eigenvalue weighted by Gasteiger charge is 2.15. The van der Waals surface area contributed by atoms with Crippen molar-refractivity contribution in [2.75, 3.05) is 0 Å². The molecular formula is C34H23NS. The summed E-state index contributed by atoms with van der Waals surface area (Å²) in [5, 5.41) is 10.1. The van der Waals surface area contributed by atoms with E-state index < -0.39 is 0 Å². The lowest BCUT2D eigenvalue weighted by Crippen LogP contribution is -1.90. The summed E-state index contributed by atoms with van der Waals surface area (Å²) in [4.78, 5) is 4.32. The van der Waals surface area contributed by atoms with Gasteiger partial charge in [0.2, 0.25) is 0 Å². The lowest BCUT2D eigenvalue weighted by atomic mass is 9.89. The van der Waals surface area contributed by atoms with E-state index in [0.29, 0.717) is 0 Å². The van der Waals surface area contributed by atoms with Crippen LogP contribution in [0.25, 0.3) is 75.8 Å². The molecule has 7 aromatic rings. The summed E-state index contributed by atoms with van der Waals surface area (Å²) >= 11 is 1.87.